The third-order valence-corrected chi connectivity index (χ3v) is 2.74. The molecule has 0 bridgehead atoms. The van der Waals surface area contributed by atoms with Gasteiger partial charge in [0.15, 0.2) is 0 Å². The standard InChI is InChI=1S/C13H17N3O2/c1-16-9-11(14-15-16)8-12(17)7-10-5-3-4-6-13(10)18-2/h3-6,9,12,17H,7-8H2,1-2H3. The molecule has 0 aliphatic carbocycles. The Morgan fingerprint density at radius 2 is 2.11 bits per heavy atom. The number of hydrogen-bond acceptors (Lipinski definition) is 4. The molecule has 0 saturated heterocycles. The number of aliphatic hydroxyl groups excluding tert-OH is 1. The highest BCUT2D eigenvalue weighted by molar-refractivity contribution is 5.33. The molecule has 0 aliphatic heterocycles. The van der Waals surface area contributed by atoms with Crippen molar-refractivity contribution >= 4 is 0 Å². The second kappa shape index (κ2) is 5.64. The first-order valence-electron chi connectivity index (χ1n) is 5.84. The monoisotopic (exact) mass is 247 g/mol. The lowest BCUT2D eigenvalue weighted by Gasteiger charge is -2.12. The minimum atomic E-state index is -0.488. The molecule has 0 spiro atoms. The second-order valence-corrected chi connectivity index (χ2v) is 4.26. The first-order chi connectivity index (χ1) is 8.69. The molecule has 1 unspecified atom stereocenters. The molecule has 0 aliphatic rings. The highest BCUT2D eigenvalue weighted by Gasteiger charge is 2.12. The van der Waals surface area contributed by atoms with Crippen LogP contribution in [0, 0.1) is 0 Å². The number of para-hydroxylation sites is 1. The van der Waals surface area contributed by atoms with Gasteiger partial charge < -0.3 is 9.84 Å². The van der Waals surface area contributed by atoms with Crippen LogP contribution in [0.1, 0.15) is 11.3 Å². The number of rotatable bonds is 5. The van der Waals surface area contributed by atoms with Gasteiger partial charge in [-0.25, -0.2) is 0 Å². The van der Waals surface area contributed by atoms with Gasteiger partial charge in [-0.15, -0.1) is 5.10 Å². The minimum absolute atomic E-state index is 0.488. The number of aliphatic hydroxyl groups is 1. The van der Waals surface area contributed by atoms with Gasteiger partial charge in [0.2, 0.25) is 0 Å². The maximum atomic E-state index is 10.1. The van der Waals surface area contributed by atoms with E-state index < -0.39 is 6.10 Å². The summed E-state index contributed by atoms with van der Waals surface area (Å²) in [6.07, 6.45) is 2.36. The Balaban J connectivity index is 2.00. The van der Waals surface area contributed by atoms with Gasteiger partial charge in [0.05, 0.1) is 18.9 Å². The third kappa shape index (κ3) is 3.07. The Kier molecular flexibility index (Phi) is 3.94. The summed E-state index contributed by atoms with van der Waals surface area (Å²) in [5.74, 6) is 0.802. The summed E-state index contributed by atoms with van der Waals surface area (Å²) in [7, 11) is 3.44. The van der Waals surface area contributed by atoms with Crippen molar-refractivity contribution < 1.29 is 9.84 Å². The van der Waals surface area contributed by atoms with Crippen LogP contribution in [-0.4, -0.2) is 33.3 Å². The predicted octanol–water partition coefficient (Wildman–Crippen LogP) is 0.970. The van der Waals surface area contributed by atoms with Crippen molar-refractivity contribution in [1.82, 2.24) is 15.0 Å². The van der Waals surface area contributed by atoms with Crippen molar-refractivity contribution in [2.24, 2.45) is 7.05 Å². The molecular weight excluding hydrogens is 230 g/mol. The van der Waals surface area contributed by atoms with Crippen molar-refractivity contribution in [3.63, 3.8) is 0 Å². The smallest absolute Gasteiger partial charge is 0.122 e. The Hall–Kier alpha value is -1.88. The molecule has 0 amide bonds. The van der Waals surface area contributed by atoms with Gasteiger partial charge in [-0.3, -0.25) is 4.68 Å². The van der Waals surface area contributed by atoms with E-state index in [1.807, 2.05) is 37.5 Å². The van der Waals surface area contributed by atoms with Crippen LogP contribution < -0.4 is 4.74 Å². The lowest BCUT2D eigenvalue weighted by Crippen LogP contribution is -2.14. The van der Waals surface area contributed by atoms with Crippen LogP contribution in [0.5, 0.6) is 5.75 Å². The topological polar surface area (TPSA) is 60.2 Å². The highest BCUT2D eigenvalue weighted by atomic mass is 16.5. The van der Waals surface area contributed by atoms with E-state index in [0.717, 1.165) is 17.0 Å². The zero-order valence-corrected chi connectivity index (χ0v) is 10.6. The van der Waals surface area contributed by atoms with E-state index >= 15 is 0 Å². The van der Waals surface area contributed by atoms with E-state index in [1.54, 1.807) is 11.8 Å². The van der Waals surface area contributed by atoms with Gasteiger partial charge in [0, 0.05) is 26.1 Å². The zero-order valence-electron chi connectivity index (χ0n) is 10.6. The summed E-state index contributed by atoms with van der Waals surface area (Å²) in [6.45, 7) is 0. The second-order valence-electron chi connectivity index (χ2n) is 4.26. The first kappa shape index (κ1) is 12.6. The number of aromatic nitrogens is 3. The molecule has 1 N–H and O–H groups in total. The van der Waals surface area contributed by atoms with Crippen LogP contribution in [0.4, 0.5) is 0 Å². The van der Waals surface area contributed by atoms with Crippen molar-refractivity contribution in [1.29, 1.82) is 0 Å². The van der Waals surface area contributed by atoms with Crippen molar-refractivity contribution in [3.05, 3.63) is 41.7 Å². The molecule has 96 valence electrons. The van der Waals surface area contributed by atoms with Crippen LogP contribution in [0.3, 0.4) is 0 Å². The Morgan fingerprint density at radius 3 is 2.78 bits per heavy atom. The minimum Gasteiger partial charge on any atom is -0.496 e. The fourth-order valence-electron chi connectivity index (χ4n) is 1.93. The summed E-state index contributed by atoms with van der Waals surface area (Å²) < 4.78 is 6.89. The Morgan fingerprint density at radius 1 is 1.33 bits per heavy atom. The molecule has 5 nitrogen and oxygen atoms in total. The molecule has 1 aromatic heterocycles. The summed E-state index contributed by atoms with van der Waals surface area (Å²) in [5, 5.41) is 17.9. The Bertz CT molecular complexity index is 510. The van der Waals surface area contributed by atoms with Crippen molar-refractivity contribution in [2.45, 2.75) is 18.9 Å². The van der Waals surface area contributed by atoms with Gasteiger partial charge in [-0.05, 0) is 11.6 Å². The summed E-state index contributed by atoms with van der Waals surface area (Å²) >= 11 is 0. The van der Waals surface area contributed by atoms with E-state index in [9.17, 15) is 5.11 Å². The van der Waals surface area contributed by atoms with Gasteiger partial charge in [0.1, 0.15) is 5.75 Å². The summed E-state index contributed by atoms with van der Waals surface area (Å²) in [6, 6.07) is 7.70. The van der Waals surface area contributed by atoms with Crippen molar-refractivity contribution in [3.8, 4) is 5.75 Å². The van der Waals surface area contributed by atoms with Gasteiger partial charge in [-0.2, -0.15) is 0 Å². The predicted molar refractivity (Wildman–Crippen MR) is 67.4 cm³/mol. The number of ether oxygens (including phenoxy) is 1. The molecule has 2 aromatic rings. The molecule has 18 heavy (non-hydrogen) atoms. The molecule has 1 heterocycles. The lowest BCUT2D eigenvalue weighted by molar-refractivity contribution is 0.173. The van der Waals surface area contributed by atoms with E-state index in [4.69, 9.17) is 4.74 Å². The van der Waals surface area contributed by atoms with Crippen LogP contribution in [0.15, 0.2) is 30.5 Å². The van der Waals surface area contributed by atoms with Gasteiger partial charge in [-0.1, -0.05) is 23.4 Å². The number of hydrogen-bond donors (Lipinski definition) is 1. The van der Waals surface area contributed by atoms with Crippen molar-refractivity contribution in [2.75, 3.05) is 7.11 Å². The summed E-state index contributed by atoms with van der Waals surface area (Å²) in [5.41, 5.74) is 1.79. The van der Waals surface area contributed by atoms with Crippen LogP contribution in [0.25, 0.3) is 0 Å². The molecule has 0 fully saturated rings. The third-order valence-electron chi connectivity index (χ3n) is 2.74. The highest BCUT2D eigenvalue weighted by Crippen LogP contribution is 2.19. The molecular formula is C13H17N3O2. The largest absolute Gasteiger partial charge is 0.496 e. The molecule has 2 rings (SSSR count). The van der Waals surface area contributed by atoms with E-state index in [2.05, 4.69) is 10.3 Å². The molecule has 0 saturated carbocycles. The maximum Gasteiger partial charge on any atom is 0.122 e. The maximum absolute atomic E-state index is 10.1. The molecule has 0 radical (unpaired) electrons. The fraction of sp³-hybridized carbons (Fsp3) is 0.385. The van der Waals surface area contributed by atoms with Gasteiger partial charge >= 0.3 is 0 Å². The quantitative estimate of drug-likeness (QED) is 0.855. The molecule has 1 atom stereocenters. The van der Waals surface area contributed by atoms with Crippen LogP contribution in [0.2, 0.25) is 0 Å². The number of benzene rings is 1. The fourth-order valence-corrected chi connectivity index (χ4v) is 1.93. The normalized spacial score (nSPS) is 12.4. The van der Waals surface area contributed by atoms with Crippen LogP contribution >= 0.6 is 0 Å². The SMILES string of the molecule is COc1ccccc1CC(O)Cc1cn(C)nn1. The Labute approximate surface area is 106 Å². The van der Waals surface area contributed by atoms with Crippen LogP contribution in [-0.2, 0) is 19.9 Å². The van der Waals surface area contributed by atoms with E-state index in [0.29, 0.717) is 12.8 Å². The number of aryl methyl sites for hydroxylation is 1. The van der Waals surface area contributed by atoms with Gasteiger partial charge in [0.25, 0.3) is 0 Å². The van der Waals surface area contributed by atoms with E-state index in [-0.39, 0.29) is 0 Å². The zero-order chi connectivity index (χ0) is 13.0. The lowest BCUT2D eigenvalue weighted by atomic mass is 10.0. The number of methoxy groups -OCH3 is 1. The van der Waals surface area contributed by atoms with E-state index in [1.165, 1.54) is 0 Å². The first-order valence-corrected chi connectivity index (χ1v) is 5.84. The average Bonchev–Trinajstić information content (AvgIpc) is 2.75. The molecule has 5 heteroatoms. The number of nitrogens with zero attached hydrogens (tertiary/aromatic N) is 3. The summed E-state index contributed by atoms with van der Waals surface area (Å²) in [4.78, 5) is 0. The molecule has 1 aromatic carbocycles. The average molecular weight is 247 g/mol.